The Morgan fingerprint density at radius 3 is 2.57 bits per heavy atom. The van der Waals surface area contributed by atoms with Gasteiger partial charge in [0.25, 0.3) is 0 Å². The van der Waals surface area contributed by atoms with E-state index in [4.69, 9.17) is 0 Å². The second kappa shape index (κ2) is 3.38. The topological polar surface area (TPSA) is 49.3 Å². The van der Waals surface area contributed by atoms with Crippen molar-refractivity contribution in [1.82, 2.24) is 0 Å². The molecule has 0 heterocycles. The molecule has 2 N–H and O–H groups in total. The van der Waals surface area contributed by atoms with Crippen LogP contribution in [0.1, 0.15) is 0 Å². The van der Waals surface area contributed by atoms with E-state index in [1.54, 1.807) is 30.3 Å². The number of anilines is 1. The molecular weight excluding hydrogens is 178 g/mol. The van der Waals surface area contributed by atoms with Crippen molar-refractivity contribution in [3.8, 4) is 5.75 Å². The zero-order chi connectivity index (χ0) is 9.97. The maximum atomic E-state index is 10.3. The Hall–Kier alpha value is -2.03. The smallest absolute Gasteiger partial charge is 0.211 e. The summed E-state index contributed by atoms with van der Waals surface area (Å²) in [6.07, 6.45) is 0.624. The van der Waals surface area contributed by atoms with E-state index in [-0.39, 0.29) is 5.75 Å². The summed E-state index contributed by atoms with van der Waals surface area (Å²) >= 11 is 0. The number of benzene rings is 2. The van der Waals surface area contributed by atoms with Gasteiger partial charge in [0, 0.05) is 16.5 Å². The number of amides is 1. The Balaban J connectivity index is 2.74. The molecule has 0 fully saturated rings. The second-order valence-electron chi connectivity index (χ2n) is 2.94. The summed E-state index contributed by atoms with van der Waals surface area (Å²) in [5, 5.41) is 13.7. The van der Waals surface area contributed by atoms with Crippen LogP contribution in [-0.4, -0.2) is 11.5 Å². The highest BCUT2D eigenvalue weighted by Crippen LogP contribution is 2.29. The van der Waals surface area contributed by atoms with E-state index in [2.05, 4.69) is 5.32 Å². The number of rotatable bonds is 2. The minimum Gasteiger partial charge on any atom is -0.507 e. The van der Waals surface area contributed by atoms with Gasteiger partial charge in [-0.3, -0.25) is 4.79 Å². The fourth-order valence-electron chi connectivity index (χ4n) is 1.48. The lowest BCUT2D eigenvalue weighted by Gasteiger charge is -2.05. The lowest BCUT2D eigenvalue weighted by molar-refractivity contribution is -0.105. The van der Waals surface area contributed by atoms with Crippen molar-refractivity contribution < 1.29 is 9.90 Å². The molecule has 2 aromatic carbocycles. The van der Waals surface area contributed by atoms with Crippen molar-refractivity contribution in [2.75, 3.05) is 5.32 Å². The third-order valence-corrected chi connectivity index (χ3v) is 2.11. The summed E-state index contributed by atoms with van der Waals surface area (Å²) in [6, 6.07) is 10.6. The Labute approximate surface area is 81.0 Å². The third kappa shape index (κ3) is 1.29. The van der Waals surface area contributed by atoms with Gasteiger partial charge in [-0.05, 0) is 12.1 Å². The van der Waals surface area contributed by atoms with Crippen LogP contribution in [0.2, 0.25) is 0 Å². The summed E-state index contributed by atoms with van der Waals surface area (Å²) < 4.78 is 0. The number of nitrogens with one attached hydrogen (secondary N) is 1. The molecule has 0 aromatic heterocycles. The number of phenolic OH excluding ortho intramolecular Hbond substituents is 1. The van der Waals surface area contributed by atoms with Crippen LogP contribution in [0, 0.1) is 0 Å². The monoisotopic (exact) mass is 187 g/mol. The highest BCUT2D eigenvalue weighted by atomic mass is 16.3. The number of fused-ring (bicyclic) bond motifs is 1. The van der Waals surface area contributed by atoms with Crippen LogP contribution in [0.4, 0.5) is 5.69 Å². The summed E-state index contributed by atoms with van der Waals surface area (Å²) in [4.78, 5) is 10.3. The van der Waals surface area contributed by atoms with Gasteiger partial charge in [0.15, 0.2) is 0 Å². The molecule has 0 aliphatic heterocycles. The highest BCUT2D eigenvalue weighted by molar-refractivity contribution is 6.00. The van der Waals surface area contributed by atoms with Crippen molar-refractivity contribution in [2.24, 2.45) is 0 Å². The molecular formula is C11H9NO2. The number of carbonyl (C=O) groups is 1. The van der Waals surface area contributed by atoms with Crippen LogP contribution in [-0.2, 0) is 4.79 Å². The van der Waals surface area contributed by atoms with Gasteiger partial charge in [0.1, 0.15) is 5.75 Å². The van der Waals surface area contributed by atoms with Crippen molar-refractivity contribution >= 4 is 22.9 Å². The Morgan fingerprint density at radius 2 is 1.79 bits per heavy atom. The van der Waals surface area contributed by atoms with E-state index in [9.17, 15) is 9.90 Å². The lowest BCUT2D eigenvalue weighted by Crippen LogP contribution is -1.94. The minimum absolute atomic E-state index is 0.219. The van der Waals surface area contributed by atoms with Gasteiger partial charge in [-0.2, -0.15) is 0 Å². The summed E-state index contributed by atoms with van der Waals surface area (Å²) in [7, 11) is 0. The number of carbonyl (C=O) groups excluding carboxylic acids is 1. The Morgan fingerprint density at radius 1 is 1.07 bits per heavy atom. The molecule has 0 aliphatic rings. The predicted molar refractivity (Wildman–Crippen MR) is 55.3 cm³/mol. The van der Waals surface area contributed by atoms with Gasteiger partial charge in [-0.1, -0.05) is 24.3 Å². The molecule has 1 amide bonds. The number of hydrogen-bond donors (Lipinski definition) is 2. The van der Waals surface area contributed by atoms with Crippen LogP contribution < -0.4 is 5.32 Å². The first-order valence-corrected chi connectivity index (χ1v) is 4.24. The third-order valence-electron chi connectivity index (χ3n) is 2.11. The van der Waals surface area contributed by atoms with Crippen LogP contribution >= 0.6 is 0 Å². The summed E-state index contributed by atoms with van der Waals surface area (Å²) in [5.74, 6) is 0.219. The Kier molecular flexibility index (Phi) is 2.07. The lowest BCUT2D eigenvalue weighted by atomic mass is 10.1. The fourth-order valence-corrected chi connectivity index (χ4v) is 1.48. The molecule has 0 spiro atoms. The van der Waals surface area contributed by atoms with E-state index in [0.717, 1.165) is 10.8 Å². The van der Waals surface area contributed by atoms with Crippen molar-refractivity contribution in [3.63, 3.8) is 0 Å². The van der Waals surface area contributed by atoms with E-state index in [1.807, 2.05) is 6.07 Å². The molecule has 0 unspecified atom stereocenters. The van der Waals surface area contributed by atoms with Crippen LogP contribution in [0.25, 0.3) is 10.8 Å². The molecule has 14 heavy (non-hydrogen) atoms. The molecule has 3 heteroatoms. The molecule has 2 rings (SSSR count). The van der Waals surface area contributed by atoms with Gasteiger partial charge in [-0.25, -0.2) is 0 Å². The van der Waals surface area contributed by atoms with Gasteiger partial charge < -0.3 is 10.4 Å². The van der Waals surface area contributed by atoms with Crippen LogP contribution in [0.3, 0.4) is 0 Å². The average Bonchev–Trinajstić information content (AvgIpc) is 2.20. The zero-order valence-corrected chi connectivity index (χ0v) is 7.40. The Bertz CT molecular complexity index is 480. The number of hydrogen-bond acceptors (Lipinski definition) is 2. The van der Waals surface area contributed by atoms with E-state index in [0.29, 0.717) is 12.1 Å². The van der Waals surface area contributed by atoms with Gasteiger partial charge in [-0.15, -0.1) is 0 Å². The second-order valence-corrected chi connectivity index (χ2v) is 2.94. The molecule has 70 valence electrons. The van der Waals surface area contributed by atoms with Crippen molar-refractivity contribution in [1.29, 1.82) is 0 Å². The predicted octanol–water partition coefficient (Wildman–Crippen LogP) is 2.11. The summed E-state index contributed by atoms with van der Waals surface area (Å²) in [5.41, 5.74) is 0.702. The first-order chi connectivity index (χ1) is 6.83. The molecule has 0 atom stereocenters. The normalized spacial score (nSPS) is 10.0. The minimum atomic E-state index is 0.219. The van der Waals surface area contributed by atoms with E-state index < -0.39 is 0 Å². The molecule has 0 bridgehead atoms. The van der Waals surface area contributed by atoms with E-state index in [1.165, 1.54) is 0 Å². The van der Waals surface area contributed by atoms with Crippen LogP contribution in [0.15, 0.2) is 36.4 Å². The number of phenols is 1. The maximum Gasteiger partial charge on any atom is 0.211 e. The fraction of sp³-hybridized carbons (Fsp3) is 0. The van der Waals surface area contributed by atoms with Crippen molar-refractivity contribution in [3.05, 3.63) is 36.4 Å². The quantitative estimate of drug-likeness (QED) is 0.707. The molecule has 0 aliphatic carbocycles. The molecule has 0 radical (unpaired) electrons. The molecule has 0 saturated heterocycles. The number of aromatic hydroxyl groups is 1. The maximum absolute atomic E-state index is 10.3. The summed E-state index contributed by atoms with van der Waals surface area (Å²) in [6.45, 7) is 0. The standard InChI is InChI=1S/C11H9NO2/c13-7-12-10-5-1-4-9-8(10)3-2-6-11(9)14/h1-7,14H,(H,12,13). The first kappa shape index (κ1) is 8.56. The van der Waals surface area contributed by atoms with Gasteiger partial charge in [0.05, 0.1) is 0 Å². The molecule has 2 aromatic rings. The average molecular weight is 187 g/mol. The largest absolute Gasteiger partial charge is 0.507 e. The van der Waals surface area contributed by atoms with Gasteiger partial charge >= 0.3 is 0 Å². The van der Waals surface area contributed by atoms with Gasteiger partial charge in [0.2, 0.25) is 6.41 Å². The van der Waals surface area contributed by atoms with Crippen LogP contribution in [0.5, 0.6) is 5.75 Å². The van der Waals surface area contributed by atoms with E-state index >= 15 is 0 Å². The SMILES string of the molecule is O=CNc1cccc2c(O)cccc12. The molecule has 0 saturated carbocycles. The highest BCUT2D eigenvalue weighted by Gasteiger charge is 2.02. The molecule has 3 nitrogen and oxygen atoms in total. The zero-order valence-electron chi connectivity index (χ0n) is 7.40. The van der Waals surface area contributed by atoms with Crippen molar-refractivity contribution in [2.45, 2.75) is 0 Å². The first-order valence-electron chi connectivity index (χ1n) is 4.24.